The molecule has 9 nitrogen and oxygen atoms in total. The standard InChI is InChI=1S/C26H30N6O3/c1-35-24-10-3-2-9-22(24)31-13-15-32(16-14-31)23(20-7-6-11-27-17-20)19-30-26(34)25(33)29-18-21-8-4-5-12-28-21/h2-12,17,23H,13-16,18-19H2,1H3,(H,29,33)(H,30,34)/t23-/m1/s1. The van der Waals surface area contributed by atoms with Crippen molar-refractivity contribution in [1.82, 2.24) is 25.5 Å². The summed E-state index contributed by atoms with van der Waals surface area (Å²) < 4.78 is 5.52. The second-order valence-electron chi connectivity index (χ2n) is 8.21. The molecule has 2 amide bonds. The molecule has 3 heterocycles. The molecule has 182 valence electrons. The van der Waals surface area contributed by atoms with Gasteiger partial charge in [-0.1, -0.05) is 24.3 Å². The summed E-state index contributed by atoms with van der Waals surface area (Å²) >= 11 is 0. The van der Waals surface area contributed by atoms with Gasteiger partial charge in [-0.25, -0.2) is 0 Å². The van der Waals surface area contributed by atoms with E-state index in [0.29, 0.717) is 12.2 Å². The minimum absolute atomic E-state index is 0.101. The maximum Gasteiger partial charge on any atom is 0.309 e. The Labute approximate surface area is 205 Å². The van der Waals surface area contributed by atoms with Crippen LogP contribution in [-0.4, -0.2) is 66.5 Å². The number of anilines is 1. The predicted molar refractivity (Wildman–Crippen MR) is 133 cm³/mol. The van der Waals surface area contributed by atoms with E-state index in [1.807, 2.05) is 42.6 Å². The number of aromatic nitrogens is 2. The lowest BCUT2D eigenvalue weighted by Gasteiger charge is -2.40. The number of pyridine rings is 2. The molecule has 3 aromatic rings. The van der Waals surface area contributed by atoms with Crippen molar-refractivity contribution in [2.24, 2.45) is 0 Å². The Morgan fingerprint density at radius 2 is 1.71 bits per heavy atom. The summed E-state index contributed by atoms with van der Waals surface area (Å²) in [6.07, 6.45) is 5.18. The molecule has 2 aromatic heterocycles. The zero-order chi connectivity index (χ0) is 24.5. The van der Waals surface area contributed by atoms with Crippen molar-refractivity contribution in [3.05, 3.63) is 84.4 Å². The molecule has 1 aromatic carbocycles. The van der Waals surface area contributed by atoms with E-state index in [1.54, 1.807) is 31.6 Å². The minimum Gasteiger partial charge on any atom is -0.495 e. The minimum atomic E-state index is -0.679. The van der Waals surface area contributed by atoms with Crippen LogP contribution in [0.25, 0.3) is 0 Å². The lowest BCUT2D eigenvalue weighted by atomic mass is 10.1. The zero-order valence-electron chi connectivity index (χ0n) is 19.8. The van der Waals surface area contributed by atoms with Gasteiger partial charge in [-0.15, -0.1) is 0 Å². The molecule has 0 radical (unpaired) electrons. The molecule has 1 atom stereocenters. The van der Waals surface area contributed by atoms with E-state index in [2.05, 4.69) is 36.5 Å². The fourth-order valence-corrected chi connectivity index (χ4v) is 4.22. The molecule has 0 unspecified atom stereocenters. The Morgan fingerprint density at radius 3 is 2.43 bits per heavy atom. The molecule has 0 saturated carbocycles. The van der Waals surface area contributed by atoms with Crippen molar-refractivity contribution >= 4 is 17.5 Å². The molecule has 1 saturated heterocycles. The fraction of sp³-hybridized carbons (Fsp3) is 0.308. The van der Waals surface area contributed by atoms with Crippen molar-refractivity contribution in [3.8, 4) is 5.75 Å². The predicted octanol–water partition coefficient (Wildman–Crippen LogP) is 1.78. The third-order valence-corrected chi connectivity index (χ3v) is 6.07. The lowest BCUT2D eigenvalue weighted by Crippen LogP contribution is -2.51. The molecule has 4 rings (SSSR count). The summed E-state index contributed by atoms with van der Waals surface area (Å²) in [5.41, 5.74) is 2.76. The summed E-state index contributed by atoms with van der Waals surface area (Å²) in [6, 6.07) is 17.2. The van der Waals surface area contributed by atoms with E-state index < -0.39 is 11.8 Å². The monoisotopic (exact) mass is 474 g/mol. The number of hydrogen-bond acceptors (Lipinski definition) is 7. The number of carbonyl (C=O) groups excluding carboxylic acids is 2. The van der Waals surface area contributed by atoms with Crippen LogP contribution in [0.5, 0.6) is 5.75 Å². The Bertz CT molecular complexity index is 1100. The number of piperazine rings is 1. The molecule has 0 aliphatic carbocycles. The summed E-state index contributed by atoms with van der Waals surface area (Å²) in [5.74, 6) is -0.488. The third kappa shape index (κ3) is 6.33. The highest BCUT2D eigenvalue weighted by molar-refractivity contribution is 6.35. The Hall–Kier alpha value is -3.98. The van der Waals surface area contributed by atoms with Crippen molar-refractivity contribution in [3.63, 3.8) is 0 Å². The van der Waals surface area contributed by atoms with Crippen LogP contribution in [0.2, 0.25) is 0 Å². The largest absolute Gasteiger partial charge is 0.495 e. The zero-order valence-corrected chi connectivity index (χ0v) is 19.8. The number of carbonyl (C=O) groups is 2. The van der Waals surface area contributed by atoms with E-state index in [1.165, 1.54) is 0 Å². The van der Waals surface area contributed by atoms with Crippen LogP contribution in [0.3, 0.4) is 0 Å². The lowest BCUT2D eigenvalue weighted by molar-refractivity contribution is -0.139. The van der Waals surface area contributed by atoms with Gasteiger partial charge in [0.15, 0.2) is 0 Å². The SMILES string of the molecule is COc1ccccc1N1CCN([C@H](CNC(=O)C(=O)NCc2ccccn2)c2cccnc2)CC1. The molecule has 35 heavy (non-hydrogen) atoms. The average molecular weight is 475 g/mol. The smallest absolute Gasteiger partial charge is 0.309 e. The van der Waals surface area contributed by atoms with Crippen LogP contribution in [0, 0.1) is 0 Å². The number of benzene rings is 1. The van der Waals surface area contributed by atoms with Crippen molar-refractivity contribution in [2.75, 3.05) is 44.7 Å². The van der Waals surface area contributed by atoms with Gasteiger partial charge in [-0.2, -0.15) is 0 Å². The van der Waals surface area contributed by atoms with E-state index in [-0.39, 0.29) is 12.6 Å². The maximum absolute atomic E-state index is 12.5. The van der Waals surface area contributed by atoms with E-state index >= 15 is 0 Å². The molecule has 1 aliphatic heterocycles. The first-order chi connectivity index (χ1) is 17.2. The van der Waals surface area contributed by atoms with Crippen LogP contribution in [0.1, 0.15) is 17.3 Å². The highest BCUT2D eigenvalue weighted by Crippen LogP contribution is 2.30. The van der Waals surface area contributed by atoms with Gasteiger partial charge in [0, 0.05) is 51.3 Å². The summed E-state index contributed by atoms with van der Waals surface area (Å²) in [4.78, 5) is 37.8. The number of nitrogens with one attached hydrogen (secondary N) is 2. The number of ether oxygens (including phenoxy) is 1. The number of hydrogen-bond donors (Lipinski definition) is 2. The first-order valence-corrected chi connectivity index (χ1v) is 11.6. The van der Waals surface area contributed by atoms with E-state index in [0.717, 1.165) is 43.2 Å². The molecule has 9 heteroatoms. The van der Waals surface area contributed by atoms with Crippen molar-refractivity contribution < 1.29 is 14.3 Å². The molecule has 2 N–H and O–H groups in total. The number of amides is 2. The van der Waals surface area contributed by atoms with Gasteiger partial charge < -0.3 is 20.3 Å². The highest BCUT2D eigenvalue weighted by Gasteiger charge is 2.27. The molecular formula is C26H30N6O3. The Kier molecular flexibility index (Phi) is 8.24. The third-order valence-electron chi connectivity index (χ3n) is 6.07. The van der Waals surface area contributed by atoms with E-state index in [9.17, 15) is 9.59 Å². The number of rotatable bonds is 8. The van der Waals surface area contributed by atoms with Crippen LogP contribution >= 0.6 is 0 Å². The van der Waals surface area contributed by atoms with Crippen molar-refractivity contribution in [2.45, 2.75) is 12.6 Å². The van der Waals surface area contributed by atoms with Gasteiger partial charge >= 0.3 is 11.8 Å². The second kappa shape index (κ2) is 11.9. The van der Waals surface area contributed by atoms with Crippen LogP contribution in [0.4, 0.5) is 5.69 Å². The van der Waals surface area contributed by atoms with Gasteiger partial charge in [0.05, 0.1) is 31.1 Å². The number of para-hydroxylation sites is 2. The van der Waals surface area contributed by atoms with Gasteiger partial charge in [-0.3, -0.25) is 24.5 Å². The molecule has 1 aliphatic rings. The van der Waals surface area contributed by atoms with E-state index in [4.69, 9.17) is 4.74 Å². The second-order valence-corrected chi connectivity index (χ2v) is 8.21. The van der Waals surface area contributed by atoms with Crippen LogP contribution < -0.4 is 20.3 Å². The summed E-state index contributed by atoms with van der Waals surface area (Å²) in [7, 11) is 1.68. The first-order valence-electron chi connectivity index (χ1n) is 11.6. The van der Waals surface area contributed by atoms with Gasteiger partial charge in [0.1, 0.15) is 5.75 Å². The average Bonchev–Trinajstić information content (AvgIpc) is 2.93. The summed E-state index contributed by atoms with van der Waals surface area (Å²) in [6.45, 7) is 3.71. The quantitative estimate of drug-likeness (QED) is 0.480. The Morgan fingerprint density at radius 1 is 0.943 bits per heavy atom. The maximum atomic E-state index is 12.5. The van der Waals surface area contributed by atoms with Crippen LogP contribution in [-0.2, 0) is 16.1 Å². The molecule has 0 spiro atoms. The first kappa shape index (κ1) is 24.2. The fourth-order valence-electron chi connectivity index (χ4n) is 4.22. The van der Waals surface area contributed by atoms with Crippen molar-refractivity contribution in [1.29, 1.82) is 0 Å². The molecule has 0 bridgehead atoms. The topological polar surface area (TPSA) is 99.7 Å². The molecule has 1 fully saturated rings. The summed E-state index contributed by atoms with van der Waals surface area (Å²) in [5, 5.41) is 5.42. The number of methoxy groups -OCH3 is 1. The van der Waals surface area contributed by atoms with Crippen LogP contribution in [0.15, 0.2) is 73.2 Å². The van der Waals surface area contributed by atoms with Gasteiger partial charge in [-0.05, 0) is 35.9 Å². The number of nitrogens with zero attached hydrogens (tertiary/aromatic N) is 4. The highest BCUT2D eigenvalue weighted by atomic mass is 16.5. The normalized spacial score (nSPS) is 14.7. The molecular weight excluding hydrogens is 444 g/mol. The van der Waals surface area contributed by atoms with Gasteiger partial charge in [0.2, 0.25) is 0 Å². The Balaban J connectivity index is 1.36. The van der Waals surface area contributed by atoms with Gasteiger partial charge in [0.25, 0.3) is 0 Å².